The number of benzene rings is 3. The highest BCUT2D eigenvalue weighted by molar-refractivity contribution is 6.06. The Kier molecular flexibility index (Phi) is 12.7. The molecule has 4 aromatic rings. The number of likely N-dealkylation sites (N-methyl/N-ethyl adjacent to an activating group) is 1. The van der Waals surface area contributed by atoms with E-state index in [2.05, 4.69) is 49.5 Å². The van der Waals surface area contributed by atoms with Crippen molar-refractivity contribution in [3.8, 4) is 23.1 Å². The molecule has 0 spiro atoms. The second-order valence-electron chi connectivity index (χ2n) is 12.4. The minimum Gasteiger partial charge on any atom is -0.493 e. The molecule has 1 aliphatic rings. The van der Waals surface area contributed by atoms with Crippen molar-refractivity contribution in [2.75, 3.05) is 75.1 Å². The molecule has 1 fully saturated rings. The molecule has 0 aliphatic carbocycles. The summed E-state index contributed by atoms with van der Waals surface area (Å²) in [7, 11) is 1.50. The molecule has 0 unspecified atom stereocenters. The van der Waals surface area contributed by atoms with Gasteiger partial charge in [0, 0.05) is 68.6 Å². The van der Waals surface area contributed by atoms with Gasteiger partial charge in [-0.3, -0.25) is 14.5 Å². The van der Waals surface area contributed by atoms with Crippen LogP contribution >= 0.6 is 0 Å². The maximum absolute atomic E-state index is 13.7. The quantitative estimate of drug-likeness (QED) is 0.140. The molecule has 3 aromatic carbocycles. The maximum Gasteiger partial charge on any atom is 0.262 e. The molecule has 1 aliphatic heterocycles. The molecule has 5 rings (SSSR count). The van der Waals surface area contributed by atoms with Crippen LogP contribution in [0.2, 0.25) is 0 Å². The Hall–Kier alpha value is -5.36. The van der Waals surface area contributed by atoms with E-state index in [9.17, 15) is 9.59 Å². The molecule has 2 heterocycles. The average molecular weight is 696 g/mol. The number of aryl methyl sites for hydroxylation is 2. The molecular weight excluding hydrogens is 646 g/mol. The molecular formula is C39H49N7O5. The normalized spacial score (nSPS) is 13.0. The first-order valence-corrected chi connectivity index (χ1v) is 17.6. The second-order valence-corrected chi connectivity index (χ2v) is 12.4. The van der Waals surface area contributed by atoms with Crippen molar-refractivity contribution in [1.29, 1.82) is 0 Å². The standard InChI is InChI=1S/C39H49N7O5/c1-7-19-44-20-22-46(23-21-44)30-15-13-29(14-16-30)41-39-40-25-32(37(48)42-36-27(4)11-10-12-28(36)5)38(43-39)51-33-18-17-31(24-34(33)49-6)50-26-35(47)45(8-2)9-3/h10-18,24-25H,7-9,19-23,26H2,1-6H3,(H,42,48)(H,40,41,43). The van der Waals surface area contributed by atoms with Gasteiger partial charge in [-0.05, 0) is 88.2 Å². The molecule has 51 heavy (non-hydrogen) atoms. The smallest absolute Gasteiger partial charge is 0.262 e. The van der Waals surface area contributed by atoms with Crippen LogP contribution in [0.4, 0.5) is 23.0 Å². The van der Waals surface area contributed by atoms with E-state index in [1.807, 2.05) is 58.0 Å². The molecule has 2 N–H and O–H groups in total. The zero-order chi connectivity index (χ0) is 36.3. The van der Waals surface area contributed by atoms with Gasteiger partial charge in [-0.1, -0.05) is 25.1 Å². The molecule has 2 amide bonds. The zero-order valence-electron chi connectivity index (χ0n) is 30.5. The fourth-order valence-corrected chi connectivity index (χ4v) is 6.02. The van der Waals surface area contributed by atoms with Crippen molar-refractivity contribution in [2.24, 2.45) is 0 Å². The number of aromatic nitrogens is 2. The number of rotatable bonds is 15. The summed E-state index contributed by atoms with van der Waals surface area (Å²) in [6, 6.07) is 18.9. The Labute approximate surface area is 300 Å². The van der Waals surface area contributed by atoms with Crippen LogP contribution in [0, 0.1) is 13.8 Å². The number of nitrogens with zero attached hydrogens (tertiary/aromatic N) is 5. The second kappa shape index (κ2) is 17.5. The lowest BCUT2D eigenvalue weighted by Gasteiger charge is -2.36. The summed E-state index contributed by atoms with van der Waals surface area (Å²) in [5, 5.41) is 6.26. The summed E-state index contributed by atoms with van der Waals surface area (Å²) in [6.07, 6.45) is 2.61. The van der Waals surface area contributed by atoms with Gasteiger partial charge in [0.05, 0.1) is 7.11 Å². The number of nitrogens with one attached hydrogen (secondary N) is 2. The highest BCUT2D eigenvalue weighted by atomic mass is 16.5. The van der Waals surface area contributed by atoms with Crippen LogP contribution < -0.4 is 29.7 Å². The number of para-hydroxylation sites is 1. The topological polar surface area (TPSA) is 121 Å². The van der Waals surface area contributed by atoms with Gasteiger partial charge in [-0.15, -0.1) is 0 Å². The average Bonchev–Trinajstić information content (AvgIpc) is 3.14. The molecule has 0 saturated carbocycles. The Morgan fingerprint density at radius 3 is 2.25 bits per heavy atom. The van der Waals surface area contributed by atoms with E-state index >= 15 is 0 Å². The lowest BCUT2D eigenvalue weighted by molar-refractivity contribution is -0.132. The Bertz CT molecular complexity index is 1770. The summed E-state index contributed by atoms with van der Waals surface area (Å²) >= 11 is 0. The van der Waals surface area contributed by atoms with Crippen molar-refractivity contribution < 1.29 is 23.8 Å². The SMILES string of the molecule is CCCN1CCN(c2ccc(Nc3ncc(C(=O)Nc4c(C)cccc4C)c(Oc4ccc(OCC(=O)N(CC)CC)cc4OC)n3)cc2)CC1. The van der Waals surface area contributed by atoms with Gasteiger partial charge in [0.2, 0.25) is 11.8 Å². The van der Waals surface area contributed by atoms with Gasteiger partial charge in [-0.25, -0.2) is 4.98 Å². The summed E-state index contributed by atoms with van der Waals surface area (Å²) in [4.78, 5) is 41.9. The van der Waals surface area contributed by atoms with Crippen molar-refractivity contribution >= 4 is 34.8 Å². The molecule has 0 bridgehead atoms. The number of carbonyl (C=O) groups is 2. The third-order valence-corrected chi connectivity index (χ3v) is 8.94. The van der Waals surface area contributed by atoms with Gasteiger partial charge in [0.1, 0.15) is 11.3 Å². The number of amides is 2. The molecule has 0 atom stereocenters. The third-order valence-electron chi connectivity index (χ3n) is 8.94. The largest absolute Gasteiger partial charge is 0.493 e. The van der Waals surface area contributed by atoms with Crippen molar-refractivity contribution in [2.45, 2.75) is 41.0 Å². The Morgan fingerprint density at radius 1 is 0.902 bits per heavy atom. The van der Waals surface area contributed by atoms with E-state index in [-0.39, 0.29) is 29.9 Å². The van der Waals surface area contributed by atoms with Gasteiger partial charge in [0.15, 0.2) is 18.1 Å². The molecule has 1 saturated heterocycles. The van der Waals surface area contributed by atoms with Crippen LogP contribution in [0.25, 0.3) is 0 Å². The lowest BCUT2D eigenvalue weighted by Crippen LogP contribution is -2.46. The minimum absolute atomic E-state index is 0.0292. The number of methoxy groups -OCH3 is 1. The Balaban J connectivity index is 1.38. The summed E-state index contributed by atoms with van der Waals surface area (Å²) in [5.41, 5.74) is 4.65. The third kappa shape index (κ3) is 9.46. The van der Waals surface area contributed by atoms with Crippen LogP contribution in [0.3, 0.4) is 0 Å². The van der Waals surface area contributed by atoms with E-state index in [0.717, 1.165) is 55.2 Å². The first-order valence-electron chi connectivity index (χ1n) is 17.6. The summed E-state index contributed by atoms with van der Waals surface area (Å²) in [6.45, 7) is 16.3. The van der Waals surface area contributed by atoms with Crippen LogP contribution in [0.1, 0.15) is 48.7 Å². The van der Waals surface area contributed by atoms with Crippen molar-refractivity contribution in [3.05, 3.63) is 83.6 Å². The van der Waals surface area contributed by atoms with Crippen LogP contribution in [0.15, 0.2) is 66.9 Å². The predicted molar refractivity (Wildman–Crippen MR) is 201 cm³/mol. The van der Waals surface area contributed by atoms with Crippen LogP contribution in [-0.4, -0.2) is 91.1 Å². The van der Waals surface area contributed by atoms with E-state index in [1.54, 1.807) is 23.1 Å². The van der Waals surface area contributed by atoms with Crippen LogP contribution in [0.5, 0.6) is 23.1 Å². The number of piperazine rings is 1. The monoisotopic (exact) mass is 695 g/mol. The van der Waals surface area contributed by atoms with Gasteiger partial charge >= 0.3 is 0 Å². The summed E-state index contributed by atoms with van der Waals surface area (Å²) in [5.74, 6) is 0.817. The molecule has 270 valence electrons. The number of ether oxygens (including phenoxy) is 3. The number of hydrogen-bond acceptors (Lipinski definition) is 10. The van der Waals surface area contributed by atoms with Gasteiger partial charge < -0.3 is 34.6 Å². The van der Waals surface area contributed by atoms with Crippen LogP contribution in [-0.2, 0) is 4.79 Å². The summed E-state index contributed by atoms with van der Waals surface area (Å²) < 4.78 is 17.7. The van der Waals surface area contributed by atoms with Crippen molar-refractivity contribution in [1.82, 2.24) is 19.8 Å². The first kappa shape index (κ1) is 36.9. The van der Waals surface area contributed by atoms with E-state index in [0.29, 0.717) is 36.0 Å². The fourth-order valence-electron chi connectivity index (χ4n) is 6.02. The van der Waals surface area contributed by atoms with E-state index in [1.165, 1.54) is 19.7 Å². The molecule has 12 nitrogen and oxygen atoms in total. The predicted octanol–water partition coefficient (Wildman–Crippen LogP) is 6.67. The highest BCUT2D eigenvalue weighted by Gasteiger charge is 2.21. The molecule has 1 aromatic heterocycles. The number of anilines is 4. The lowest BCUT2D eigenvalue weighted by atomic mass is 10.1. The minimum atomic E-state index is -0.425. The Morgan fingerprint density at radius 2 is 1.61 bits per heavy atom. The van der Waals surface area contributed by atoms with Gasteiger partial charge in [-0.2, -0.15) is 4.98 Å². The van der Waals surface area contributed by atoms with E-state index < -0.39 is 5.91 Å². The first-order chi connectivity index (χ1) is 24.7. The highest BCUT2D eigenvalue weighted by Crippen LogP contribution is 2.36. The van der Waals surface area contributed by atoms with E-state index in [4.69, 9.17) is 14.2 Å². The number of carbonyl (C=O) groups excluding carboxylic acids is 2. The van der Waals surface area contributed by atoms with Crippen molar-refractivity contribution in [3.63, 3.8) is 0 Å². The maximum atomic E-state index is 13.7. The zero-order valence-corrected chi connectivity index (χ0v) is 30.5. The van der Waals surface area contributed by atoms with Gasteiger partial charge in [0.25, 0.3) is 11.8 Å². The number of hydrogen-bond donors (Lipinski definition) is 2. The molecule has 0 radical (unpaired) electrons. The molecule has 12 heteroatoms. The fraction of sp³-hybridized carbons (Fsp3) is 0.385.